The molecule has 94 valence electrons. The Labute approximate surface area is 108 Å². The van der Waals surface area contributed by atoms with Crippen LogP contribution in [0.5, 0.6) is 0 Å². The van der Waals surface area contributed by atoms with Crippen molar-refractivity contribution in [3.63, 3.8) is 0 Å². The van der Waals surface area contributed by atoms with E-state index in [1.54, 1.807) is 24.3 Å². The van der Waals surface area contributed by atoms with E-state index in [-0.39, 0.29) is 12.1 Å². The van der Waals surface area contributed by atoms with E-state index in [2.05, 4.69) is 6.92 Å². The van der Waals surface area contributed by atoms with Gasteiger partial charge < -0.3 is 4.74 Å². The molecular formula is C14H19ClO2. The molecule has 1 unspecified atom stereocenters. The van der Waals surface area contributed by atoms with Gasteiger partial charge in [-0.2, -0.15) is 0 Å². The summed E-state index contributed by atoms with van der Waals surface area (Å²) < 4.78 is 5.34. The summed E-state index contributed by atoms with van der Waals surface area (Å²) in [6.45, 7) is 4.07. The maximum Gasteiger partial charge on any atom is 0.339 e. The van der Waals surface area contributed by atoms with Gasteiger partial charge in [-0.25, -0.2) is 4.79 Å². The zero-order valence-corrected chi connectivity index (χ0v) is 11.2. The SMILES string of the molecule is CCCCCC(C)OC(=O)c1ccccc1Cl. The maximum absolute atomic E-state index is 11.8. The second kappa shape index (κ2) is 7.33. The average molecular weight is 255 g/mol. The lowest BCUT2D eigenvalue weighted by Crippen LogP contribution is -2.15. The summed E-state index contributed by atoms with van der Waals surface area (Å²) in [5, 5.41) is 0.443. The third-order valence-electron chi connectivity index (χ3n) is 2.62. The quantitative estimate of drug-likeness (QED) is 0.553. The monoisotopic (exact) mass is 254 g/mol. The molecule has 0 radical (unpaired) electrons. The summed E-state index contributed by atoms with van der Waals surface area (Å²) in [6, 6.07) is 6.96. The smallest absolute Gasteiger partial charge is 0.339 e. The highest BCUT2D eigenvalue weighted by Crippen LogP contribution is 2.17. The van der Waals surface area contributed by atoms with Crippen molar-refractivity contribution in [1.82, 2.24) is 0 Å². The van der Waals surface area contributed by atoms with Crippen molar-refractivity contribution in [2.75, 3.05) is 0 Å². The zero-order chi connectivity index (χ0) is 12.7. The summed E-state index contributed by atoms with van der Waals surface area (Å²) in [5.74, 6) is -0.334. The Morgan fingerprint density at radius 1 is 1.35 bits per heavy atom. The predicted molar refractivity (Wildman–Crippen MR) is 70.5 cm³/mol. The van der Waals surface area contributed by atoms with Crippen LogP contribution in [0.2, 0.25) is 5.02 Å². The minimum absolute atomic E-state index is 0.0506. The van der Waals surface area contributed by atoms with Crippen LogP contribution in [0.3, 0.4) is 0 Å². The van der Waals surface area contributed by atoms with Crippen LogP contribution < -0.4 is 0 Å². The van der Waals surface area contributed by atoms with Gasteiger partial charge in [0.25, 0.3) is 0 Å². The summed E-state index contributed by atoms with van der Waals surface area (Å²) >= 11 is 5.93. The topological polar surface area (TPSA) is 26.3 Å². The first kappa shape index (κ1) is 14.0. The van der Waals surface area contributed by atoms with E-state index in [0.29, 0.717) is 10.6 Å². The van der Waals surface area contributed by atoms with Gasteiger partial charge in [-0.3, -0.25) is 0 Å². The van der Waals surface area contributed by atoms with E-state index in [1.165, 1.54) is 12.8 Å². The Morgan fingerprint density at radius 2 is 2.06 bits per heavy atom. The number of rotatable bonds is 6. The highest BCUT2D eigenvalue weighted by Gasteiger charge is 2.14. The molecule has 3 heteroatoms. The summed E-state index contributed by atoms with van der Waals surface area (Å²) in [6.07, 6.45) is 4.29. The molecule has 0 N–H and O–H groups in total. The predicted octanol–water partition coefficient (Wildman–Crippen LogP) is 4.47. The van der Waals surface area contributed by atoms with E-state index in [0.717, 1.165) is 12.8 Å². The van der Waals surface area contributed by atoms with Gasteiger partial charge in [-0.15, -0.1) is 0 Å². The van der Waals surface area contributed by atoms with Crippen molar-refractivity contribution in [1.29, 1.82) is 0 Å². The molecule has 0 bridgehead atoms. The fourth-order valence-corrected chi connectivity index (χ4v) is 1.83. The van der Waals surface area contributed by atoms with E-state index in [9.17, 15) is 4.79 Å². The molecule has 0 heterocycles. The van der Waals surface area contributed by atoms with Gasteiger partial charge in [0.2, 0.25) is 0 Å². The van der Waals surface area contributed by atoms with Crippen molar-refractivity contribution < 1.29 is 9.53 Å². The van der Waals surface area contributed by atoms with Crippen molar-refractivity contribution >= 4 is 17.6 Å². The van der Waals surface area contributed by atoms with Gasteiger partial charge in [0.05, 0.1) is 16.7 Å². The van der Waals surface area contributed by atoms with Crippen LogP contribution in [0.1, 0.15) is 49.9 Å². The molecule has 0 aliphatic carbocycles. The minimum Gasteiger partial charge on any atom is -0.459 e. The Hall–Kier alpha value is -1.02. The number of unbranched alkanes of at least 4 members (excludes halogenated alkanes) is 2. The molecule has 0 spiro atoms. The fourth-order valence-electron chi connectivity index (χ4n) is 1.61. The van der Waals surface area contributed by atoms with E-state index in [1.807, 2.05) is 6.92 Å². The lowest BCUT2D eigenvalue weighted by atomic mass is 10.1. The number of hydrogen-bond donors (Lipinski definition) is 0. The molecule has 0 amide bonds. The van der Waals surface area contributed by atoms with E-state index < -0.39 is 0 Å². The average Bonchev–Trinajstić information content (AvgIpc) is 2.29. The van der Waals surface area contributed by atoms with Crippen molar-refractivity contribution in [3.8, 4) is 0 Å². The van der Waals surface area contributed by atoms with Crippen LogP contribution in [0.25, 0.3) is 0 Å². The molecule has 17 heavy (non-hydrogen) atoms. The lowest BCUT2D eigenvalue weighted by Gasteiger charge is -2.13. The van der Waals surface area contributed by atoms with E-state index in [4.69, 9.17) is 16.3 Å². The van der Waals surface area contributed by atoms with Crippen LogP contribution in [0.15, 0.2) is 24.3 Å². The van der Waals surface area contributed by atoms with Gasteiger partial charge in [-0.05, 0) is 31.9 Å². The summed E-state index contributed by atoms with van der Waals surface area (Å²) in [7, 11) is 0. The van der Waals surface area contributed by atoms with Crippen molar-refractivity contribution in [3.05, 3.63) is 34.9 Å². The molecule has 1 atom stereocenters. The third kappa shape index (κ3) is 4.78. The van der Waals surface area contributed by atoms with Crippen LogP contribution in [-0.4, -0.2) is 12.1 Å². The first-order valence-corrected chi connectivity index (χ1v) is 6.48. The molecule has 1 aromatic carbocycles. The second-order valence-corrected chi connectivity index (χ2v) is 4.60. The molecule has 0 aromatic heterocycles. The molecule has 0 aliphatic rings. The fraction of sp³-hybridized carbons (Fsp3) is 0.500. The molecule has 0 saturated heterocycles. The number of hydrogen-bond acceptors (Lipinski definition) is 2. The standard InChI is InChI=1S/C14H19ClO2/c1-3-4-5-8-11(2)17-14(16)12-9-6-7-10-13(12)15/h6-7,9-11H,3-5,8H2,1-2H3. The van der Waals surface area contributed by atoms with Crippen molar-refractivity contribution in [2.45, 2.75) is 45.6 Å². The maximum atomic E-state index is 11.8. The number of carbonyl (C=O) groups is 1. The molecular weight excluding hydrogens is 236 g/mol. The lowest BCUT2D eigenvalue weighted by molar-refractivity contribution is 0.0320. The highest BCUT2D eigenvalue weighted by molar-refractivity contribution is 6.33. The molecule has 0 aliphatic heterocycles. The number of carbonyl (C=O) groups excluding carboxylic acids is 1. The Morgan fingerprint density at radius 3 is 2.71 bits per heavy atom. The molecule has 0 saturated carbocycles. The van der Waals surface area contributed by atoms with Crippen LogP contribution in [-0.2, 0) is 4.74 Å². The number of benzene rings is 1. The molecule has 1 aromatic rings. The van der Waals surface area contributed by atoms with Gasteiger partial charge >= 0.3 is 5.97 Å². The van der Waals surface area contributed by atoms with Gasteiger partial charge in [-0.1, -0.05) is 43.5 Å². The number of ether oxygens (including phenoxy) is 1. The minimum atomic E-state index is -0.334. The first-order chi connectivity index (χ1) is 8.15. The number of halogens is 1. The van der Waals surface area contributed by atoms with Crippen molar-refractivity contribution in [2.24, 2.45) is 0 Å². The second-order valence-electron chi connectivity index (χ2n) is 4.19. The van der Waals surface area contributed by atoms with Gasteiger partial charge in [0.1, 0.15) is 0 Å². The molecule has 1 rings (SSSR count). The van der Waals surface area contributed by atoms with Crippen LogP contribution >= 0.6 is 11.6 Å². The van der Waals surface area contributed by atoms with Gasteiger partial charge in [0, 0.05) is 0 Å². The first-order valence-electron chi connectivity index (χ1n) is 6.10. The molecule has 2 nitrogen and oxygen atoms in total. The summed E-state index contributed by atoms with van der Waals surface area (Å²) in [4.78, 5) is 11.8. The van der Waals surface area contributed by atoms with Crippen LogP contribution in [0.4, 0.5) is 0 Å². The van der Waals surface area contributed by atoms with Gasteiger partial charge in [0.15, 0.2) is 0 Å². The Balaban J connectivity index is 2.46. The Bertz CT molecular complexity index is 363. The third-order valence-corrected chi connectivity index (χ3v) is 2.95. The van der Waals surface area contributed by atoms with Crippen LogP contribution in [0, 0.1) is 0 Å². The molecule has 0 fully saturated rings. The summed E-state index contributed by atoms with van der Waals surface area (Å²) in [5.41, 5.74) is 0.441. The largest absolute Gasteiger partial charge is 0.459 e. The number of esters is 1. The Kier molecular flexibility index (Phi) is 6.06. The normalized spacial score (nSPS) is 12.2. The van der Waals surface area contributed by atoms with E-state index >= 15 is 0 Å². The zero-order valence-electron chi connectivity index (χ0n) is 10.4. The highest BCUT2D eigenvalue weighted by atomic mass is 35.5.